The fourth-order valence-corrected chi connectivity index (χ4v) is 2.41. The quantitative estimate of drug-likeness (QED) is 0.497. The third-order valence-electron chi connectivity index (χ3n) is 3.02. The average Bonchev–Trinajstić information content (AvgIpc) is 2.52. The number of carbonyl (C=O) groups is 1. The fraction of sp³-hybridized carbons (Fsp3) is 0.0625. The van der Waals surface area contributed by atoms with Crippen molar-refractivity contribution in [2.24, 2.45) is 5.73 Å². The summed E-state index contributed by atoms with van der Waals surface area (Å²) in [5.74, 6) is -1.31. The van der Waals surface area contributed by atoms with E-state index in [9.17, 15) is 26.4 Å². The summed E-state index contributed by atoms with van der Waals surface area (Å²) >= 11 is 0. The van der Waals surface area contributed by atoms with E-state index < -0.39 is 27.3 Å². The minimum atomic E-state index is -5.79. The van der Waals surface area contributed by atoms with Gasteiger partial charge in [0.25, 0.3) is 0 Å². The minimum Gasteiger partial charge on any atom is -0.376 e. The Morgan fingerprint density at radius 1 is 1.08 bits per heavy atom. The van der Waals surface area contributed by atoms with Crippen LogP contribution in [0.2, 0.25) is 0 Å². The molecule has 2 aromatic rings. The summed E-state index contributed by atoms with van der Waals surface area (Å²) in [6.45, 7) is 0. The van der Waals surface area contributed by atoms with Crippen LogP contribution in [0, 0.1) is 0 Å². The molecule has 0 saturated heterocycles. The first kappa shape index (κ1) is 18.5. The maximum Gasteiger partial charge on any atom is 0.534 e. The molecule has 0 aromatic heterocycles. The van der Waals surface area contributed by atoms with Crippen molar-refractivity contribution in [3.8, 4) is 16.9 Å². The largest absolute Gasteiger partial charge is 0.534 e. The van der Waals surface area contributed by atoms with Gasteiger partial charge in [-0.25, -0.2) is 0 Å². The molecular weight excluding hydrogens is 359 g/mol. The SMILES string of the molecule is NC(=O)/C=C/c1cc(OS(=O)(=O)C(F)(F)F)ccc1-c1ccccc1. The lowest BCUT2D eigenvalue weighted by molar-refractivity contribution is -0.113. The topological polar surface area (TPSA) is 86.5 Å². The van der Waals surface area contributed by atoms with Crippen molar-refractivity contribution in [3.63, 3.8) is 0 Å². The molecule has 0 bridgehead atoms. The molecule has 1 amide bonds. The van der Waals surface area contributed by atoms with Crippen LogP contribution in [0.1, 0.15) is 5.56 Å². The van der Waals surface area contributed by atoms with E-state index in [0.717, 1.165) is 18.2 Å². The summed E-state index contributed by atoms with van der Waals surface area (Å²) < 4.78 is 63.6. The van der Waals surface area contributed by atoms with E-state index >= 15 is 0 Å². The van der Waals surface area contributed by atoms with E-state index in [2.05, 4.69) is 4.18 Å². The molecule has 0 saturated carbocycles. The van der Waals surface area contributed by atoms with Gasteiger partial charge < -0.3 is 9.92 Å². The lowest BCUT2D eigenvalue weighted by Crippen LogP contribution is -2.28. The average molecular weight is 371 g/mol. The van der Waals surface area contributed by atoms with E-state index in [1.54, 1.807) is 30.3 Å². The van der Waals surface area contributed by atoms with Crippen LogP contribution in [0.15, 0.2) is 54.6 Å². The van der Waals surface area contributed by atoms with Crippen molar-refractivity contribution in [2.75, 3.05) is 0 Å². The second-order valence-corrected chi connectivity index (χ2v) is 6.37. The number of hydrogen-bond acceptors (Lipinski definition) is 4. The second kappa shape index (κ2) is 6.98. The second-order valence-electron chi connectivity index (χ2n) is 4.83. The number of carbonyl (C=O) groups excluding carboxylic acids is 1. The molecule has 0 aliphatic carbocycles. The molecule has 0 atom stereocenters. The van der Waals surface area contributed by atoms with Gasteiger partial charge in [-0.3, -0.25) is 4.79 Å². The van der Waals surface area contributed by atoms with Gasteiger partial charge in [-0.1, -0.05) is 36.4 Å². The van der Waals surface area contributed by atoms with Crippen LogP contribution in [0.3, 0.4) is 0 Å². The number of halogens is 3. The summed E-state index contributed by atoms with van der Waals surface area (Å²) in [4.78, 5) is 10.9. The number of hydrogen-bond donors (Lipinski definition) is 1. The molecule has 2 rings (SSSR count). The Morgan fingerprint density at radius 3 is 2.28 bits per heavy atom. The zero-order valence-corrected chi connectivity index (χ0v) is 13.3. The first-order valence-corrected chi connectivity index (χ1v) is 8.19. The Labute approximate surface area is 141 Å². The van der Waals surface area contributed by atoms with E-state index in [4.69, 9.17) is 5.73 Å². The molecule has 0 unspecified atom stereocenters. The molecule has 9 heteroatoms. The van der Waals surface area contributed by atoms with Crippen LogP contribution in [0.25, 0.3) is 17.2 Å². The normalized spacial score (nSPS) is 12.3. The Bertz CT molecular complexity index is 907. The highest BCUT2D eigenvalue weighted by atomic mass is 32.2. The van der Waals surface area contributed by atoms with E-state index in [1.165, 1.54) is 12.1 Å². The van der Waals surface area contributed by atoms with Gasteiger partial charge in [0.05, 0.1) is 0 Å². The van der Waals surface area contributed by atoms with Crippen LogP contribution in [0.5, 0.6) is 5.75 Å². The van der Waals surface area contributed by atoms with Gasteiger partial charge in [0.1, 0.15) is 5.75 Å². The highest BCUT2D eigenvalue weighted by Gasteiger charge is 2.48. The summed E-state index contributed by atoms with van der Waals surface area (Å²) in [7, 11) is -5.79. The maximum atomic E-state index is 12.4. The molecule has 25 heavy (non-hydrogen) atoms. The third kappa shape index (κ3) is 4.60. The number of primary amides is 1. The fourth-order valence-electron chi connectivity index (χ4n) is 1.96. The van der Waals surface area contributed by atoms with Crippen LogP contribution >= 0.6 is 0 Å². The summed E-state index contributed by atoms with van der Waals surface area (Å²) in [5.41, 5.74) is 0.997. The Kier molecular flexibility index (Phi) is 5.17. The number of alkyl halides is 3. The molecule has 0 radical (unpaired) electrons. The summed E-state index contributed by atoms with van der Waals surface area (Å²) in [5, 5.41) is 0. The molecule has 0 heterocycles. The third-order valence-corrected chi connectivity index (χ3v) is 4.00. The highest BCUT2D eigenvalue weighted by Crippen LogP contribution is 2.31. The van der Waals surface area contributed by atoms with Crippen molar-refractivity contribution in [1.82, 2.24) is 0 Å². The molecule has 5 nitrogen and oxygen atoms in total. The van der Waals surface area contributed by atoms with Gasteiger partial charge in [-0.15, -0.1) is 0 Å². The predicted molar refractivity (Wildman–Crippen MR) is 85.7 cm³/mol. The number of rotatable bonds is 5. The number of benzene rings is 2. The first-order chi connectivity index (χ1) is 11.6. The van der Waals surface area contributed by atoms with Crippen LogP contribution < -0.4 is 9.92 Å². The van der Waals surface area contributed by atoms with Crippen LogP contribution in [-0.2, 0) is 14.9 Å². The van der Waals surface area contributed by atoms with E-state index in [-0.39, 0.29) is 5.56 Å². The van der Waals surface area contributed by atoms with Crippen molar-refractivity contribution in [3.05, 3.63) is 60.2 Å². The smallest absolute Gasteiger partial charge is 0.376 e. The summed E-state index contributed by atoms with van der Waals surface area (Å²) in [6, 6.07) is 12.3. The molecule has 132 valence electrons. The number of nitrogens with two attached hydrogens (primary N) is 1. The van der Waals surface area contributed by atoms with Gasteiger partial charge in [0.2, 0.25) is 5.91 Å². The molecule has 0 fully saturated rings. The van der Waals surface area contributed by atoms with Crippen molar-refractivity contribution >= 4 is 22.1 Å². The Hall–Kier alpha value is -2.81. The lowest BCUT2D eigenvalue weighted by atomic mass is 9.99. The van der Waals surface area contributed by atoms with Gasteiger partial charge in [0.15, 0.2) is 0 Å². The monoisotopic (exact) mass is 371 g/mol. The van der Waals surface area contributed by atoms with E-state index in [0.29, 0.717) is 11.1 Å². The minimum absolute atomic E-state index is 0.264. The van der Waals surface area contributed by atoms with Crippen molar-refractivity contribution < 1.29 is 30.6 Å². The molecule has 0 aliphatic heterocycles. The van der Waals surface area contributed by atoms with E-state index in [1.807, 2.05) is 0 Å². The van der Waals surface area contributed by atoms with Crippen molar-refractivity contribution in [1.29, 1.82) is 0 Å². The highest BCUT2D eigenvalue weighted by molar-refractivity contribution is 7.88. The molecule has 2 N–H and O–H groups in total. The zero-order chi connectivity index (χ0) is 18.7. The lowest BCUT2D eigenvalue weighted by Gasteiger charge is -2.12. The number of amides is 1. The van der Waals surface area contributed by atoms with Gasteiger partial charge in [-0.05, 0) is 34.9 Å². The van der Waals surface area contributed by atoms with Gasteiger partial charge >= 0.3 is 15.6 Å². The van der Waals surface area contributed by atoms with Gasteiger partial charge in [-0.2, -0.15) is 21.6 Å². The molecule has 0 spiro atoms. The Balaban J connectivity index is 2.50. The zero-order valence-electron chi connectivity index (χ0n) is 12.5. The standard InChI is InChI=1S/C16H12F3NO4S/c17-16(18,19)25(22,23)24-13-7-8-14(11-4-2-1-3-5-11)12(10-13)6-9-15(20)21/h1-10H,(H2,20,21)/b9-6+. The van der Waals surface area contributed by atoms with Crippen LogP contribution in [-0.4, -0.2) is 19.8 Å². The van der Waals surface area contributed by atoms with Crippen LogP contribution in [0.4, 0.5) is 13.2 Å². The maximum absolute atomic E-state index is 12.4. The molecule has 0 aliphatic rings. The van der Waals surface area contributed by atoms with Crippen molar-refractivity contribution in [2.45, 2.75) is 5.51 Å². The molecular formula is C16H12F3NO4S. The van der Waals surface area contributed by atoms with Gasteiger partial charge in [0, 0.05) is 6.08 Å². The predicted octanol–water partition coefficient (Wildman–Crippen LogP) is 3.08. The summed E-state index contributed by atoms with van der Waals surface area (Å²) in [6.07, 6.45) is 2.27. The molecule has 2 aromatic carbocycles. The first-order valence-electron chi connectivity index (χ1n) is 6.78. The Morgan fingerprint density at radius 2 is 1.72 bits per heavy atom.